The van der Waals surface area contributed by atoms with Crippen LogP contribution in [0.2, 0.25) is 0 Å². The molecule has 7 heteroatoms. The van der Waals surface area contributed by atoms with Crippen molar-refractivity contribution in [3.05, 3.63) is 22.7 Å². The third-order valence-electron chi connectivity index (χ3n) is 3.44. The van der Waals surface area contributed by atoms with E-state index < -0.39 is 6.43 Å². The molecule has 1 aromatic rings. The molecule has 1 aromatic heterocycles. The van der Waals surface area contributed by atoms with Crippen LogP contribution in [0.4, 0.5) is 14.6 Å². The van der Waals surface area contributed by atoms with Crippen LogP contribution < -0.4 is 10.5 Å². The van der Waals surface area contributed by atoms with Crippen LogP contribution in [-0.4, -0.2) is 53.5 Å². The topological polar surface area (TPSA) is 52.2 Å². The van der Waals surface area contributed by atoms with Crippen LogP contribution in [0.3, 0.4) is 0 Å². The monoisotopic (exact) mass is 272 g/mol. The molecule has 0 aromatic carbocycles. The van der Waals surface area contributed by atoms with E-state index in [0.29, 0.717) is 25.5 Å². The molecule has 0 bridgehead atoms. The molecule has 0 radical (unpaired) electrons. The number of alkyl halides is 2. The van der Waals surface area contributed by atoms with Crippen molar-refractivity contribution in [1.29, 1.82) is 0 Å². The Bertz CT molecular complexity index is 465. The predicted octanol–water partition coefficient (Wildman–Crippen LogP) is 0.936. The summed E-state index contributed by atoms with van der Waals surface area (Å²) in [6.45, 7) is 3.60. The summed E-state index contributed by atoms with van der Waals surface area (Å²) in [5, 5.41) is 0. The quantitative estimate of drug-likeness (QED) is 0.886. The van der Waals surface area contributed by atoms with Gasteiger partial charge in [-0.3, -0.25) is 9.69 Å². The molecule has 19 heavy (non-hydrogen) atoms. The highest BCUT2D eigenvalue weighted by atomic mass is 19.3. The maximum Gasteiger partial charge on any atom is 0.252 e. The Kier molecular flexibility index (Phi) is 4.47. The number of aromatic nitrogens is 2. The third kappa shape index (κ3) is 3.50. The predicted molar refractivity (Wildman–Crippen MR) is 68.7 cm³/mol. The van der Waals surface area contributed by atoms with Crippen molar-refractivity contribution in [2.24, 2.45) is 0 Å². The molecule has 1 aliphatic heterocycles. The molecule has 106 valence electrons. The van der Waals surface area contributed by atoms with E-state index in [1.807, 2.05) is 16.7 Å². The fourth-order valence-corrected chi connectivity index (χ4v) is 2.44. The highest BCUT2D eigenvalue weighted by Gasteiger charge is 2.28. The number of nitrogens with one attached hydrogen (secondary N) is 1. The number of aromatic amines is 1. The Morgan fingerprint density at radius 3 is 2.95 bits per heavy atom. The number of rotatable bonds is 4. The van der Waals surface area contributed by atoms with Gasteiger partial charge in [0.15, 0.2) is 0 Å². The van der Waals surface area contributed by atoms with Gasteiger partial charge in [0.2, 0.25) is 0 Å². The molecular formula is C12H18F2N4O. The van der Waals surface area contributed by atoms with Crippen LogP contribution in [0.15, 0.2) is 17.2 Å². The van der Waals surface area contributed by atoms with Crippen molar-refractivity contribution in [2.75, 3.05) is 31.1 Å². The fourth-order valence-electron chi connectivity index (χ4n) is 2.44. The van der Waals surface area contributed by atoms with Crippen LogP contribution >= 0.6 is 0 Å². The molecule has 0 aliphatic carbocycles. The largest absolute Gasteiger partial charge is 0.354 e. The van der Waals surface area contributed by atoms with Gasteiger partial charge in [0.25, 0.3) is 12.0 Å². The van der Waals surface area contributed by atoms with E-state index in [9.17, 15) is 13.6 Å². The molecule has 0 spiro atoms. The Morgan fingerprint density at radius 1 is 1.53 bits per heavy atom. The first kappa shape index (κ1) is 13.9. The maximum atomic E-state index is 12.5. The Hall–Kier alpha value is -1.50. The maximum absolute atomic E-state index is 12.5. The summed E-state index contributed by atoms with van der Waals surface area (Å²) in [6.07, 6.45) is -0.144. The van der Waals surface area contributed by atoms with Gasteiger partial charge >= 0.3 is 0 Å². The van der Waals surface area contributed by atoms with Gasteiger partial charge in [0.1, 0.15) is 5.82 Å². The summed E-state index contributed by atoms with van der Waals surface area (Å²) in [4.78, 5) is 21.6. The Morgan fingerprint density at radius 2 is 2.32 bits per heavy atom. The molecule has 2 heterocycles. The number of nitrogens with zero attached hydrogens (tertiary/aromatic N) is 3. The smallest absolute Gasteiger partial charge is 0.252 e. The zero-order valence-electron chi connectivity index (χ0n) is 10.9. The lowest BCUT2D eigenvalue weighted by Gasteiger charge is -2.41. The minimum absolute atomic E-state index is 0.0730. The average molecular weight is 272 g/mol. The van der Waals surface area contributed by atoms with Crippen molar-refractivity contribution in [3.63, 3.8) is 0 Å². The molecular weight excluding hydrogens is 254 g/mol. The van der Waals surface area contributed by atoms with Crippen LogP contribution in [0, 0.1) is 0 Å². The van der Waals surface area contributed by atoms with Gasteiger partial charge in [-0.15, -0.1) is 0 Å². The van der Waals surface area contributed by atoms with Gasteiger partial charge in [-0.2, -0.15) is 0 Å². The van der Waals surface area contributed by atoms with Gasteiger partial charge in [-0.05, 0) is 6.42 Å². The normalized spacial score (nSPS) is 21.1. The summed E-state index contributed by atoms with van der Waals surface area (Å²) < 4.78 is 25.0. The lowest BCUT2D eigenvalue weighted by Crippen LogP contribution is -2.54. The molecule has 1 atom stereocenters. The molecule has 1 saturated heterocycles. The van der Waals surface area contributed by atoms with E-state index in [1.54, 1.807) is 0 Å². The molecule has 0 amide bonds. The molecule has 1 fully saturated rings. The van der Waals surface area contributed by atoms with Gasteiger partial charge in [0, 0.05) is 31.7 Å². The summed E-state index contributed by atoms with van der Waals surface area (Å²) in [6, 6.07) is 1.51. The van der Waals surface area contributed by atoms with Crippen LogP contribution in [0.5, 0.6) is 0 Å². The van der Waals surface area contributed by atoms with E-state index in [0.717, 1.165) is 6.42 Å². The number of hydrogen-bond donors (Lipinski definition) is 1. The lowest BCUT2D eigenvalue weighted by atomic mass is 10.1. The first-order valence-corrected chi connectivity index (χ1v) is 6.42. The summed E-state index contributed by atoms with van der Waals surface area (Å²) >= 11 is 0. The molecule has 5 nitrogen and oxygen atoms in total. The van der Waals surface area contributed by atoms with Crippen molar-refractivity contribution < 1.29 is 8.78 Å². The number of halogens is 2. The highest BCUT2D eigenvalue weighted by Crippen LogP contribution is 2.18. The number of hydrogen-bond acceptors (Lipinski definition) is 4. The second-order valence-corrected chi connectivity index (χ2v) is 4.66. The van der Waals surface area contributed by atoms with E-state index in [1.165, 1.54) is 12.4 Å². The molecule has 0 saturated carbocycles. The Balaban J connectivity index is 2.06. The van der Waals surface area contributed by atoms with Gasteiger partial charge < -0.3 is 9.88 Å². The minimum Gasteiger partial charge on any atom is -0.354 e. The summed E-state index contributed by atoms with van der Waals surface area (Å²) in [7, 11) is 0. The van der Waals surface area contributed by atoms with Crippen LogP contribution in [0.25, 0.3) is 0 Å². The van der Waals surface area contributed by atoms with Gasteiger partial charge in [0.05, 0.1) is 12.9 Å². The van der Waals surface area contributed by atoms with E-state index in [4.69, 9.17) is 0 Å². The molecule has 1 aliphatic rings. The van der Waals surface area contributed by atoms with E-state index in [2.05, 4.69) is 9.97 Å². The first-order chi connectivity index (χ1) is 9.10. The highest BCUT2D eigenvalue weighted by molar-refractivity contribution is 5.37. The van der Waals surface area contributed by atoms with E-state index in [-0.39, 0.29) is 18.1 Å². The zero-order chi connectivity index (χ0) is 13.8. The van der Waals surface area contributed by atoms with Crippen molar-refractivity contribution >= 4 is 5.82 Å². The van der Waals surface area contributed by atoms with Crippen LogP contribution in [0.1, 0.15) is 13.3 Å². The lowest BCUT2D eigenvalue weighted by molar-refractivity contribution is 0.0586. The first-order valence-electron chi connectivity index (χ1n) is 6.42. The molecule has 2 rings (SSSR count). The molecule has 1 unspecified atom stereocenters. The minimum atomic E-state index is -2.31. The van der Waals surface area contributed by atoms with E-state index >= 15 is 0 Å². The van der Waals surface area contributed by atoms with Crippen molar-refractivity contribution in [1.82, 2.24) is 14.9 Å². The second kappa shape index (κ2) is 6.10. The number of H-pyrrole nitrogens is 1. The third-order valence-corrected chi connectivity index (χ3v) is 3.44. The summed E-state index contributed by atoms with van der Waals surface area (Å²) in [5.41, 5.74) is -0.201. The number of piperazine rings is 1. The zero-order valence-corrected chi connectivity index (χ0v) is 10.9. The van der Waals surface area contributed by atoms with Gasteiger partial charge in [-0.25, -0.2) is 13.8 Å². The SMILES string of the molecule is CCC1CN(c2cc(=O)[nH]cn2)CCN1CC(F)F. The van der Waals surface area contributed by atoms with Crippen molar-refractivity contribution in [2.45, 2.75) is 25.8 Å². The number of anilines is 1. The Labute approximate surface area is 110 Å². The van der Waals surface area contributed by atoms with Gasteiger partial charge in [-0.1, -0.05) is 6.92 Å². The van der Waals surface area contributed by atoms with Crippen molar-refractivity contribution in [3.8, 4) is 0 Å². The second-order valence-electron chi connectivity index (χ2n) is 4.66. The standard InChI is InChI=1S/C12H18F2N4O/c1-2-9-6-18(4-3-17(9)7-10(13)14)11-5-12(19)16-8-15-11/h5,8-10H,2-4,6-7H2,1H3,(H,15,16,19). The fraction of sp³-hybridized carbons (Fsp3) is 0.667. The average Bonchev–Trinajstić information content (AvgIpc) is 2.38. The summed E-state index contributed by atoms with van der Waals surface area (Å²) in [5.74, 6) is 0.610. The van der Waals surface area contributed by atoms with Crippen LogP contribution in [-0.2, 0) is 0 Å². The molecule has 1 N–H and O–H groups in total.